The fraction of sp³-hybridized carbons (Fsp3) is 0.238. The van der Waals surface area contributed by atoms with Gasteiger partial charge in [0.25, 0.3) is 15.7 Å². The van der Waals surface area contributed by atoms with Gasteiger partial charge < -0.3 is 5.32 Å². The number of fused-ring (bicyclic) bond motifs is 1. The third kappa shape index (κ3) is 5.08. The van der Waals surface area contributed by atoms with Crippen LogP contribution in [-0.2, 0) is 15.5 Å². The van der Waals surface area contributed by atoms with Crippen molar-refractivity contribution < 1.29 is 65.9 Å². The van der Waals surface area contributed by atoms with Crippen LogP contribution in [0.25, 0.3) is 10.9 Å². The van der Waals surface area contributed by atoms with E-state index in [0.29, 0.717) is 5.39 Å². The van der Waals surface area contributed by atoms with Gasteiger partial charge in [-0.25, -0.2) is 12.8 Å². The number of alkyl halides is 12. The maximum absolute atomic E-state index is 15.0. The maximum atomic E-state index is 15.0. The minimum Gasteiger partial charge on any atom is -0.320 e. The number of nitrogens with zero attached hydrogens (tertiary/aromatic N) is 1. The smallest absolute Gasteiger partial charge is 0.320 e. The molecule has 1 heterocycles. The highest BCUT2D eigenvalue weighted by Crippen LogP contribution is 2.59. The van der Waals surface area contributed by atoms with E-state index in [1.165, 1.54) is 24.4 Å². The number of rotatable bonds is 5. The number of pyridine rings is 1. The van der Waals surface area contributed by atoms with E-state index in [4.69, 9.17) is 0 Å². The number of sulfone groups is 1. The van der Waals surface area contributed by atoms with Crippen LogP contribution in [-0.4, -0.2) is 43.1 Å². The largest absolute Gasteiger partial charge is 0.501 e. The highest BCUT2D eigenvalue weighted by Gasteiger charge is 2.82. The number of hydrogen-bond acceptors (Lipinski definition) is 4. The lowest BCUT2D eigenvalue weighted by molar-refractivity contribution is -0.389. The van der Waals surface area contributed by atoms with Gasteiger partial charge >= 0.3 is 29.5 Å². The van der Waals surface area contributed by atoms with Gasteiger partial charge in [0.15, 0.2) is 0 Å². The van der Waals surface area contributed by atoms with Gasteiger partial charge in [-0.1, -0.05) is 12.1 Å². The van der Waals surface area contributed by atoms with E-state index in [-0.39, 0.29) is 5.52 Å². The van der Waals surface area contributed by atoms with Crippen LogP contribution in [0.5, 0.6) is 0 Å². The van der Waals surface area contributed by atoms with Crippen molar-refractivity contribution in [1.29, 1.82) is 0 Å². The Labute approximate surface area is 223 Å². The van der Waals surface area contributed by atoms with Crippen LogP contribution in [0.3, 0.4) is 0 Å². The molecule has 0 bridgehead atoms. The van der Waals surface area contributed by atoms with E-state index in [1.807, 2.05) is 0 Å². The molecule has 0 saturated carbocycles. The first-order chi connectivity index (χ1) is 18.0. The quantitative estimate of drug-likeness (QED) is 0.285. The van der Waals surface area contributed by atoms with Crippen molar-refractivity contribution in [1.82, 2.24) is 4.98 Å². The summed E-state index contributed by atoms with van der Waals surface area (Å²) in [6, 6.07) is 5.00. The van der Waals surface area contributed by atoms with Crippen molar-refractivity contribution in [3.05, 3.63) is 64.3 Å². The number of carbonyl (C=O) groups is 1. The van der Waals surface area contributed by atoms with E-state index in [0.717, 1.165) is 12.1 Å². The Hall–Kier alpha value is -3.09. The van der Waals surface area contributed by atoms with Crippen LogP contribution < -0.4 is 5.32 Å². The van der Waals surface area contributed by atoms with Crippen LogP contribution in [0.4, 0.5) is 58.4 Å². The van der Waals surface area contributed by atoms with Gasteiger partial charge in [0.2, 0.25) is 0 Å². The summed E-state index contributed by atoms with van der Waals surface area (Å²) < 4.78 is 185. The second-order valence-electron chi connectivity index (χ2n) is 7.87. The number of anilines is 1. The molecule has 1 aromatic heterocycles. The molecule has 1 N–H and O–H groups in total. The summed E-state index contributed by atoms with van der Waals surface area (Å²) in [5, 5.41) is 2.08. The lowest BCUT2D eigenvalue weighted by Gasteiger charge is -2.36. The average molecular weight is 677 g/mol. The number of amides is 1. The first kappa shape index (κ1) is 31.4. The summed E-state index contributed by atoms with van der Waals surface area (Å²) in [7, 11) is -6.92. The Morgan fingerprint density at radius 1 is 0.825 bits per heavy atom. The Bertz CT molecular complexity index is 1590. The van der Waals surface area contributed by atoms with Crippen molar-refractivity contribution in [2.45, 2.75) is 34.3 Å². The van der Waals surface area contributed by atoms with E-state index >= 15 is 0 Å². The molecule has 0 aliphatic heterocycles. The summed E-state index contributed by atoms with van der Waals surface area (Å²) in [4.78, 5) is 14.2. The molecular weight excluding hydrogens is 668 g/mol. The molecule has 1 amide bonds. The van der Waals surface area contributed by atoms with Crippen LogP contribution in [0.15, 0.2) is 58.0 Å². The molecular formula is C21H9BrF12N2O3S. The Morgan fingerprint density at radius 3 is 1.95 bits per heavy atom. The second-order valence-corrected chi connectivity index (χ2v) is 10.6. The van der Waals surface area contributed by atoms with Crippen molar-refractivity contribution >= 4 is 48.3 Å². The molecule has 0 aliphatic rings. The molecule has 40 heavy (non-hydrogen) atoms. The van der Waals surface area contributed by atoms with Gasteiger partial charge in [0.05, 0.1) is 11.2 Å². The van der Waals surface area contributed by atoms with Crippen molar-refractivity contribution in [3.8, 4) is 0 Å². The maximum Gasteiger partial charge on any atom is 0.501 e. The predicted octanol–water partition coefficient (Wildman–Crippen LogP) is 7.47. The van der Waals surface area contributed by atoms with Crippen LogP contribution in [0.1, 0.15) is 15.9 Å². The minimum absolute atomic E-state index is 0.148. The molecule has 19 heteroatoms. The normalized spacial score (nSPS) is 15.1. The van der Waals surface area contributed by atoms with Gasteiger partial charge in [0, 0.05) is 27.2 Å². The molecule has 2 aromatic carbocycles. The highest BCUT2D eigenvalue weighted by atomic mass is 79.9. The topological polar surface area (TPSA) is 76.1 Å². The van der Waals surface area contributed by atoms with Crippen molar-refractivity contribution in [2.24, 2.45) is 0 Å². The summed E-state index contributed by atoms with van der Waals surface area (Å²) in [6.45, 7) is 0. The molecule has 218 valence electrons. The second kappa shape index (κ2) is 9.78. The number of aromatic nitrogens is 1. The fourth-order valence-corrected chi connectivity index (χ4v) is 5.00. The monoisotopic (exact) mass is 676 g/mol. The third-order valence-corrected chi connectivity index (χ3v) is 7.47. The molecule has 0 spiro atoms. The van der Waals surface area contributed by atoms with Gasteiger partial charge in [-0.3, -0.25) is 9.78 Å². The molecule has 0 radical (unpaired) electrons. The summed E-state index contributed by atoms with van der Waals surface area (Å²) >= 11 is 2.26. The zero-order valence-electron chi connectivity index (χ0n) is 18.6. The number of hydrogen-bond donors (Lipinski definition) is 1. The van der Waals surface area contributed by atoms with E-state index in [1.54, 1.807) is 5.32 Å². The molecule has 3 aromatic rings. The molecule has 1 atom stereocenters. The first-order valence-corrected chi connectivity index (χ1v) is 12.3. The summed E-state index contributed by atoms with van der Waals surface area (Å²) in [5.74, 6) is -8.73. The zero-order valence-corrected chi connectivity index (χ0v) is 21.0. The molecule has 1 unspecified atom stereocenters. The van der Waals surface area contributed by atoms with Gasteiger partial charge in [-0.15, -0.1) is 0 Å². The summed E-state index contributed by atoms with van der Waals surface area (Å²) in [6.07, 6.45) is -13.1. The average Bonchev–Trinajstić information content (AvgIpc) is 2.81. The van der Waals surface area contributed by atoms with E-state index < -0.39 is 83.5 Å². The van der Waals surface area contributed by atoms with Crippen molar-refractivity contribution in [2.75, 3.05) is 5.32 Å². The van der Waals surface area contributed by atoms with Crippen molar-refractivity contribution in [3.63, 3.8) is 0 Å². The van der Waals surface area contributed by atoms with E-state index in [2.05, 4.69) is 20.9 Å². The number of benzene rings is 2. The predicted molar refractivity (Wildman–Crippen MR) is 117 cm³/mol. The zero-order chi connectivity index (χ0) is 30.7. The lowest BCUT2D eigenvalue weighted by atomic mass is 9.87. The number of halogens is 13. The SMILES string of the molecule is O=C(Nc1c(Br)cc(C(F)(C(F)(F)F)C(F)(F)C(F)(F)F)cc1S(=O)(=O)C(F)(F)F)c1ccc2cccnc2c1. The molecule has 5 nitrogen and oxygen atoms in total. The Morgan fingerprint density at radius 2 is 1.43 bits per heavy atom. The lowest BCUT2D eigenvalue weighted by Crippen LogP contribution is -2.59. The van der Waals surface area contributed by atoms with E-state index in [9.17, 15) is 65.9 Å². The fourth-order valence-electron chi connectivity index (χ4n) is 3.35. The van der Waals surface area contributed by atoms with Gasteiger partial charge in [0.1, 0.15) is 4.90 Å². The number of carbonyl (C=O) groups excluding carboxylic acids is 1. The minimum atomic E-state index is -7.32. The van der Waals surface area contributed by atoms with Gasteiger partial charge in [-0.05, 0) is 46.3 Å². The van der Waals surface area contributed by atoms with Gasteiger partial charge in [-0.2, -0.15) is 48.3 Å². The standard InChI is InChI=1S/C21H9BrF12N2O3S/c22-12-7-11(17(23,19(26,27)28)18(24,25)20(29,30)31)8-14(40(38,39)21(32,33)34)15(12)36-16(37)10-4-3-9-2-1-5-35-13(9)6-10/h1-8H,(H,36,37). The van der Waals surface area contributed by atoms with Crippen LogP contribution in [0, 0.1) is 0 Å². The Kier molecular flexibility index (Phi) is 7.68. The molecule has 0 fully saturated rings. The molecule has 0 aliphatic carbocycles. The first-order valence-electron chi connectivity index (χ1n) is 9.98. The number of nitrogens with one attached hydrogen (secondary N) is 1. The third-order valence-electron chi connectivity index (χ3n) is 5.33. The van der Waals surface area contributed by atoms with Crippen LogP contribution in [0.2, 0.25) is 0 Å². The summed E-state index contributed by atoms with van der Waals surface area (Å²) in [5.41, 5.74) is -17.8. The molecule has 0 saturated heterocycles. The Balaban J connectivity index is 2.31. The highest BCUT2D eigenvalue weighted by molar-refractivity contribution is 9.10. The van der Waals surface area contributed by atoms with Crippen LogP contribution >= 0.6 is 15.9 Å². The molecule has 3 rings (SSSR count).